The van der Waals surface area contributed by atoms with Gasteiger partial charge in [0, 0.05) is 42.0 Å². The summed E-state index contributed by atoms with van der Waals surface area (Å²) in [6.45, 7) is 7.90. The molecule has 0 bridgehead atoms. The molecule has 6 atom stereocenters. The van der Waals surface area contributed by atoms with Gasteiger partial charge in [0.25, 0.3) is 11.6 Å². The fourth-order valence-electron chi connectivity index (χ4n) is 9.81. The first-order valence-electron chi connectivity index (χ1n) is 20.6. The summed E-state index contributed by atoms with van der Waals surface area (Å²) in [5, 5.41) is 38.9. The van der Waals surface area contributed by atoms with Gasteiger partial charge in [-0.25, -0.2) is 0 Å². The maximum Gasteiger partial charge on any atom is 0.269 e. The molecule has 3 N–H and O–H groups in total. The highest BCUT2D eigenvalue weighted by Crippen LogP contribution is 2.60. The number of nitro benzene ring substituents is 1. The minimum Gasteiger partial charge on any atom is -0.497 e. The molecule has 312 valence electrons. The molecule has 3 aliphatic rings. The first kappa shape index (κ1) is 41.0. The molecule has 15 heteroatoms. The zero-order valence-corrected chi connectivity index (χ0v) is 35.3. The van der Waals surface area contributed by atoms with Crippen LogP contribution in [0.15, 0.2) is 103 Å². The average molecular weight is 830 g/mol. The summed E-state index contributed by atoms with van der Waals surface area (Å²) < 4.78 is 14.5. The maximum atomic E-state index is 15.4. The minimum atomic E-state index is -2.53. The number of ether oxygens (including phenoxy) is 2. The van der Waals surface area contributed by atoms with Crippen molar-refractivity contribution in [1.82, 2.24) is 20.3 Å². The van der Waals surface area contributed by atoms with Crippen LogP contribution in [0.4, 0.5) is 17.1 Å². The molecule has 1 unspecified atom stereocenters. The second kappa shape index (κ2) is 16.7. The smallest absolute Gasteiger partial charge is 0.269 e. The van der Waals surface area contributed by atoms with Gasteiger partial charge in [-0.05, 0) is 72.8 Å². The van der Waals surface area contributed by atoms with Crippen LogP contribution in [0.5, 0.6) is 5.75 Å². The SMILES string of the molecule is COc1ccc([Si](C)(C)[C@H]2[C@H](CCn3cc(C(CO)c4ccccc4)nn3)O[C@@]3(C(=O)N(Cc4cccc(NC(=O)[C@H]5CCCN5)c4)c4ccc([N+](=O)[O-])cc43)[C@@H]2C)cc1. The largest absolute Gasteiger partial charge is 0.497 e. The number of aliphatic hydroxyl groups excluding tert-OH is 1. The van der Waals surface area contributed by atoms with Crippen molar-refractivity contribution in [3.8, 4) is 5.75 Å². The van der Waals surface area contributed by atoms with E-state index >= 15 is 4.79 Å². The third kappa shape index (κ3) is 7.50. The highest BCUT2D eigenvalue weighted by atomic mass is 28.3. The minimum absolute atomic E-state index is 0.0982. The lowest BCUT2D eigenvalue weighted by Crippen LogP contribution is -2.51. The second-order valence-corrected chi connectivity index (χ2v) is 21.4. The third-order valence-electron chi connectivity index (χ3n) is 12.9. The van der Waals surface area contributed by atoms with E-state index in [1.807, 2.05) is 72.9 Å². The van der Waals surface area contributed by atoms with E-state index in [0.29, 0.717) is 35.6 Å². The highest BCUT2D eigenvalue weighted by Gasteiger charge is 2.66. The fourth-order valence-corrected chi connectivity index (χ4v) is 13.9. The standard InChI is InChI=1S/C45H51N7O7Si/c1-29-42(60(3,4)35-18-16-34(58-2)17-19-35)41(21-23-50-27-39(48-49-50)36(28-53)31-11-6-5-7-12-31)59-45(29)37-25-33(52(56)57)15-20-40(37)51(44(45)55)26-30-10-8-13-32(24-30)47-43(54)38-14-9-22-46-38/h5-8,10-13,15-20,24-25,27,29,36,38,41-42,46,53H,9,14,21-23,26,28H2,1-4H3,(H,47,54)/t29-,36?,38-,41+,42-,45+/m1/s1. The molecule has 0 aliphatic carbocycles. The Balaban J connectivity index is 1.15. The molecular weight excluding hydrogens is 779 g/mol. The summed E-state index contributed by atoms with van der Waals surface area (Å²) in [4.78, 5) is 41.9. The number of hydrogen-bond donors (Lipinski definition) is 3. The number of nitrogens with one attached hydrogen (secondary N) is 2. The average Bonchev–Trinajstić information content (AvgIpc) is 4.06. The topological polar surface area (TPSA) is 174 Å². The van der Waals surface area contributed by atoms with Crippen molar-refractivity contribution in [2.45, 2.75) is 81.6 Å². The number of non-ortho nitro benzene ring substituents is 1. The van der Waals surface area contributed by atoms with E-state index < -0.39 is 30.6 Å². The number of fused-ring (bicyclic) bond motifs is 2. The number of nitro groups is 1. The first-order valence-corrected chi connectivity index (χ1v) is 23.6. The molecule has 2 fully saturated rings. The van der Waals surface area contributed by atoms with Gasteiger partial charge in [0.05, 0.1) is 62.7 Å². The molecule has 3 aliphatic heterocycles. The Kier molecular flexibility index (Phi) is 11.4. The van der Waals surface area contributed by atoms with Crippen LogP contribution in [0.3, 0.4) is 0 Å². The van der Waals surface area contributed by atoms with E-state index in [1.165, 1.54) is 12.1 Å². The molecule has 1 aromatic heterocycles. The van der Waals surface area contributed by atoms with E-state index in [1.54, 1.807) is 22.8 Å². The summed E-state index contributed by atoms with van der Waals surface area (Å²) in [6, 6.07) is 29.6. The van der Waals surface area contributed by atoms with Crippen molar-refractivity contribution in [2.75, 3.05) is 30.5 Å². The molecule has 0 radical (unpaired) electrons. The molecule has 4 heterocycles. The van der Waals surface area contributed by atoms with Gasteiger partial charge in [-0.2, -0.15) is 0 Å². The van der Waals surface area contributed by atoms with Gasteiger partial charge in [0.15, 0.2) is 5.60 Å². The fraction of sp³-hybridized carbons (Fsp3) is 0.378. The van der Waals surface area contributed by atoms with E-state index in [0.717, 1.165) is 41.4 Å². The predicted molar refractivity (Wildman–Crippen MR) is 230 cm³/mol. The Hall–Kier alpha value is -5.74. The molecule has 2 amide bonds. The molecule has 60 heavy (non-hydrogen) atoms. The third-order valence-corrected chi connectivity index (χ3v) is 17.2. The lowest BCUT2D eigenvalue weighted by Gasteiger charge is -2.37. The summed E-state index contributed by atoms with van der Waals surface area (Å²) >= 11 is 0. The van der Waals surface area contributed by atoms with Gasteiger partial charge in [0.1, 0.15) is 5.75 Å². The summed E-state index contributed by atoms with van der Waals surface area (Å²) in [5.41, 5.74) is 2.26. The zero-order chi connectivity index (χ0) is 42.2. The first-order chi connectivity index (χ1) is 28.9. The second-order valence-electron chi connectivity index (χ2n) is 16.7. The molecule has 2 saturated heterocycles. The van der Waals surface area contributed by atoms with Crippen LogP contribution < -0.4 is 25.5 Å². The number of aryl methyl sites for hydroxylation is 1. The molecule has 8 rings (SSSR count). The highest BCUT2D eigenvalue weighted by molar-refractivity contribution is 6.91. The number of rotatable bonds is 14. The van der Waals surface area contributed by atoms with Crippen molar-refractivity contribution >= 4 is 42.1 Å². The lowest BCUT2D eigenvalue weighted by atomic mass is 9.82. The predicted octanol–water partition coefficient (Wildman–Crippen LogP) is 5.86. The van der Waals surface area contributed by atoms with Gasteiger partial charge >= 0.3 is 0 Å². The van der Waals surface area contributed by atoms with Crippen molar-refractivity contribution in [2.24, 2.45) is 5.92 Å². The maximum absolute atomic E-state index is 15.4. The molecular formula is C45H51N7O7Si. The van der Waals surface area contributed by atoms with Gasteiger partial charge < -0.3 is 30.1 Å². The number of amides is 2. The Labute approximate surface area is 350 Å². The molecule has 1 spiro atoms. The quantitative estimate of drug-likeness (QED) is 0.0699. The van der Waals surface area contributed by atoms with Crippen LogP contribution in [0, 0.1) is 16.0 Å². The number of methoxy groups -OCH3 is 1. The van der Waals surface area contributed by atoms with Gasteiger partial charge in [0.2, 0.25) is 5.91 Å². The van der Waals surface area contributed by atoms with Crippen LogP contribution >= 0.6 is 0 Å². The number of hydrogen-bond acceptors (Lipinski definition) is 10. The Morgan fingerprint density at radius 1 is 1.10 bits per heavy atom. The molecule has 14 nitrogen and oxygen atoms in total. The van der Waals surface area contributed by atoms with Crippen molar-refractivity contribution in [1.29, 1.82) is 0 Å². The number of carbonyl (C=O) groups excluding carboxylic acids is 2. The molecule has 0 saturated carbocycles. The zero-order valence-electron chi connectivity index (χ0n) is 34.3. The lowest BCUT2D eigenvalue weighted by molar-refractivity contribution is -0.385. The number of nitrogens with zero attached hydrogens (tertiary/aromatic N) is 5. The number of carbonyl (C=O) groups is 2. The molecule has 4 aromatic carbocycles. The summed E-state index contributed by atoms with van der Waals surface area (Å²) in [6.07, 6.45) is 3.60. The Morgan fingerprint density at radius 2 is 1.88 bits per heavy atom. The van der Waals surface area contributed by atoms with Crippen LogP contribution in [-0.2, 0) is 33.0 Å². The Bertz CT molecular complexity index is 2370. The van der Waals surface area contributed by atoms with Gasteiger partial charge in [-0.1, -0.05) is 85.0 Å². The number of anilines is 2. The van der Waals surface area contributed by atoms with Crippen LogP contribution in [0.2, 0.25) is 18.6 Å². The molecule has 5 aromatic rings. The Morgan fingerprint density at radius 3 is 2.58 bits per heavy atom. The van der Waals surface area contributed by atoms with E-state index in [2.05, 4.69) is 53.1 Å². The van der Waals surface area contributed by atoms with Crippen molar-refractivity contribution in [3.63, 3.8) is 0 Å². The van der Waals surface area contributed by atoms with Gasteiger partial charge in [-0.15, -0.1) is 5.10 Å². The van der Waals surface area contributed by atoms with E-state index in [9.17, 15) is 20.0 Å². The van der Waals surface area contributed by atoms with Gasteiger partial charge in [-0.3, -0.25) is 24.4 Å². The van der Waals surface area contributed by atoms with E-state index in [4.69, 9.17) is 9.47 Å². The number of benzene rings is 4. The normalized spacial score (nSPS) is 22.9. The van der Waals surface area contributed by atoms with Crippen molar-refractivity contribution < 1.29 is 29.1 Å². The van der Waals surface area contributed by atoms with Crippen LogP contribution in [0.25, 0.3) is 0 Å². The number of aromatic nitrogens is 3. The van der Waals surface area contributed by atoms with Crippen LogP contribution in [0.1, 0.15) is 54.5 Å². The van der Waals surface area contributed by atoms with Crippen molar-refractivity contribution in [3.05, 3.63) is 136 Å². The number of aliphatic hydroxyl groups is 1. The van der Waals surface area contributed by atoms with E-state index in [-0.39, 0.29) is 48.2 Å². The summed E-state index contributed by atoms with van der Waals surface area (Å²) in [5.74, 6) is -0.363. The summed E-state index contributed by atoms with van der Waals surface area (Å²) in [7, 11) is -0.893. The monoisotopic (exact) mass is 829 g/mol. The van der Waals surface area contributed by atoms with Crippen LogP contribution in [-0.4, -0.2) is 77.3 Å².